The highest BCUT2D eigenvalue weighted by Crippen LogP contribution is 2.31. The van der Waals surface area contributed by atoms with Gasteiger partial charge < -0.3 is 15.6 Å². The Bertz CT molecular complexity index is 1170. The van der Waals surface area contributed by atoms with Crippen LogP contribution in [0.2, 0.25) is 0 Å². The van der Waals surface area contributed by atoms with Gasteiger partial charge in [-0.05, 0) is 31.2 Å². The normalized spacial score (nSPS) is 11.6. The van der Waals surface area contributed by atoms with Gasteiger partial charge in [0.2, 0.25) is 5.82 Å². The Kier molecular flexibility index (Phi) is 4.53. The van der Waals surface area contributed by atoms with Crippen LogP contribution in [0.25, 0.3) is 11.3 Å². The minimum absolute atomic E-state index is 0.0309. The molecule has 4 aromatic rings. The molecule has 0 fully saturated rings. The van der Waals surface area contributed by atoms with Crippen LogP contribution in [0.3, 0.4) is 0 Å². The maximum absolute atomic E-state index is 14.1. The van der Waals surface area contributed by atoms with E-state index >= 15 is 0 Å². The van der Waals surface area contributed by atoms with Gasteiger partial charge in [-0.3, -0.25) is 0 Å². The topological polar surface area (TPSA) is 78.5 Å². The quantitative estimate of drug-likeness (QED) is 0.404. The maximum atomic E-state index is 14.1. The van der Waals surface area contributed by atoms with Gasteiger partial charge in [0.05, 0.1) is 5.69 Å². The second-order valence-corrected chi connectivity index (χ2v) is 6.27. The Balaban J connectivity index is 1.80. The first kappa shape index (κ1) is 18.7. The number of nitrogens with one attached hydrogen (secondary N) is 3. The summed E-state index contributed by atoms with van der Waals surface area (Å²) in [5, 5.41) is 5.76. The number of nitrogens with zero attached hydrogens (tertiary/aromatic N) is 3. The van der Waals surface area contributed by atoms with E-state index < -0.39 is 17.8 Å². The summed E-state index contributed by atoms with van der Waals surface area (Å²) in [5.74, 6) is -1.61. The number of aryl methyl sites for hydroxylation is 1. The van der Waals surface area contributed by atoms with Crippen molar-refractivity contribution in [1.82, 2.24) is 19.9 Å². The third-order valence-corrected chi connectivity index (χ3v) is 4.04. The Morgan fingerprint density at radius 1 is 0.862 bits per heavy atom. The highest BCUT2D eigenvalue weighted by atomic mass is 19.4. The molecule has 3 N–H and O–H groups in total. The molecular formula is C19H14F4N6. The van der Waals surface area contributed by atoms with Crippen molar-refractivity contribution in [3.05, 3.63) is 65.7 Å². The number of fused-ring (bicyclic) bond motifs is 1. The van der Waals surface area contributed by atoms with Gasteiger partial charge in [-0.25, -0.2) is 19.3 Å². The number of H-pyrrole nitrogens is 1. The van der Waals surface area contributed by atoms with E-state index in [0.717, 1.165) is 5.56 Å². The number of alkyl halides is 3. The molecule has 6 nitrogen and oxygen atoms in total. The monoisotopic (exact) mass is 402 g/mol. The van der Waals surface area contributed by atoms with Crippen LogP contribution in [0.1, 0.15) is 11.4 Å². The van der Waals surface area contributed by atoms with E-state index in [0.29, 0.717) is 5.69 Å². The Labute approximate surface area is 162 Å². The summed E-state index contributed by atoms with van der Waals surface area (Å²) in [6.07, 6.45) is -4.67. The predicted molar refractivity (Wildman–Crippen MR) is 101 cm³/mol. The summed E-state index contributed by atoms with van der Waals surface area (Å²) in [6.45, 7) is 1.92. The number of anilines is 4. The molecule has 29 heavy (non-hydrogen) atoms. The van der Waals surface area contributed by atoms with Crippen molar-refractivity contribution in [2.45, 2.75) is 13.1 Å². The molecule has 2 aromatic carbocycles. The summed E-state index contributed by atoms with van der Waals surface area (Å²) in [6, 6.07) is 13.1. The fraction of sp³-hybridized carbons (Fsp3) is 0.105. The number of para-hydroxylation sites is 1. The van der Waals surface area contributed by atoms with E-state index in [4.69, 9.17) is 0 Å². The van der Waals surface area contributed by atoms with E-state index in [9.17, 15) is 17.6 Å². The Morgan fingerprint density at radius 2 is 1.55 bits per heavy atom. The van der Waals surface area contributed by atoms with Gasteiger partial charge in [0.1, 0.15) is 5.82 Å². The lowest BCUT2D eigenvalue weighted by Crippen LogP contribution is -2.06. The van der Waals surface area contributed by atoms with Gasteiger partial charge in [-0.1, -0.05) is 29.8 Å². The first-order valence-electron chi connectivity index (χ1n) is 8.50. The van der Waals surface area contributed by atoms with Crippen LogP contribution >= 0.6 is 0 Å². The second kappa shape index (κ2) is 7.04. The summed E-state index contributed by atoms with van der Waals surface area (Å²) in [5.41, 5.74) is 1.37. The molecule has 0 saturated heterocycles. The van der Waals surface area contributed by atoms with Crippen LogP contribution in [0.5, 0.6) is 0 Å². The standard InChI is InChI=1S/C19H14F4N6/c1-10-6-8-11(9-7-10)24-14-15(25-13-5-3-2-4-12(13)20)27-17-16(26-14)28-18(29-17)19(21,22)23/h2-9H,1H3,(H3,24,25,26,27,28,29). The van der Waals surface area contributed by atoms with Gasteiger partial charge in [0.15, 0.2) is 22.9 Å². The molecule has 0 saturated carbocycles. The minimum atomic E-state index is -4.67. The van der Waals surface area contributed by atoms with E-state index in [2.05, 4.69) is 30.6 Å². The van der Waals surface area contributed by atoms with E-state index in [-0.39, 0.29) is 28.6 Å². The summed E-state index contributed by atoms with van der Waals surface area (Å²) in [7, 11) is 0. The molecule has 0 atom stereocenters. The van der Waals surface area contributed by atoms with Crippen LogP contribution in [-0.2, 0) is 6.18 Å². The van der Waals surface area contributed by atoms with Gasteiger partial charge >= 0.3 is 6.18 Å². The van der Waals surface area contributed by atoms with Crippen LogP contribution in [0.15, 0.2) is 48.5 Å². The molecule has 0 aliphatic rings. The number of halogens is 4. The zero-order valence-corrected chi connectivity index (χ0v) is 15.0. The first-order chi connectivity index (χ1) is 13.8. The molecule has 4 rings (SSSR count). The number of hydrogen-bond donors (Lipinski definition) is 3. The summed E-state index contributed by atoms with van der Waals surface area (Å²) in [4.78, 5) is 13.9. The maximum Gasteiger partial charge on any atom is 0.449 e. The number of rotatable bonds is 4. The zero-order valence-electron chi connectivity index (χ0n) is 15.0. The molecule has 0 spiro atoms. The summed E-state index contributed by atoms with van der Waals surface area (Å²) >= 11 is 0. The lowest BCUT2D eigenvalue weighted by atomic mass is 10.2. The highest BCUT2D eigenvalue weighted by Gasteiger charge is 2.35. The van der Waals surface area contributed by atoms with Crippen molar-refractivity contribution in [3.63, 3.8) is 0 Å². The molecule has 0 unspecified atom stereocenters. The largest absolute Gasteiger partial charge is 0.449 e. The van der Waals surface area contributed by atoms with Crippen LogP contribution in [0, 0.1) is 12.7 Å². The smallest absolute Gasteiger partial charge is 0.337 e. The first-order valence-corrected chi connectivity index (χ1v) is 8.50. The molecular weight excluding hydrogens is 388 g/mol. The van der Waals surface area contributed by atoms with Crippen molar-refractivity contribution < 1.29 is 17.6 Å². The average Bonchev–Trinajstić information content (AvgIpc) is 3.09. The number of imidazole rings is 1. The third kappa shape index (κ3) is 3.96. The molecule has 0 radical (unpaired) electrons. The molecule has 148 valence electrons. The predicted octanol–water partition coefficient (Wildman–Crippen LogP) is 5.31. The van der Waals surface area contributed by atoms with Crippen LogP contribution < -0.4 is 10.6 Å². The number of aromatic amines is 1. The van der Waals surface area contributed by atoms with Gasteiger partial charge in [0, 0.05) is 5.69 Å². The lowest BCUT2D eigenvalue weighted by Gasteiger charge is -2.12. The fourth-order valence-electron chi connectivity index (χ4n) is 2.61. The highest BCUT2D eigenvalue weighted by molar-refractivity contribution is 5.80. The average molecular weight is 402 g/mol. The van der Waals surface area contributed by atoms with Crippen molar-refractivity contribution in [3.8, 4) is 0 Å². The van der Waals surface area contributed by atoms with Crippen LogP contribution in [0.4, 0.5) is 40.6 Å². The summed E-state index contributed by atoms with van der Waals surface area (Å²) < 4.78 is 53.0. The van der Waals surface area contributed by atoms with Gasteiger partial charge in [-0.2, -0.15) is 13.2 Å². The molecule has 10 heteroatoms. The SMILES string of the molecule is Cc1ccc(Nc2nc3[nH]c(C(F)(F)F)nc3nc2Nc2ccccc2F)cc1. The molecule has 2 aromatic heterocycles. The van der Waals surface area contributed by atoms with Crippen LogP contribution in [-0.4, -0.2) is 19.9 Å². The van der Waals surface area contributed by atoms with Crippen molar-refractivity contribution in [1.29, 1.82) is 0 Å². The Morgan fingerprint density at radius 3 is 2.24 bits per heavy atom. The molecule has 0 aliphatic heterocycles. The van der Waals surface area contributed by atoms with Crippen molar-refractivity contribution in [2.24, 2.45) is 0 Å². The molecule has 2 heterocycles. The Hall–Kier alpha value is -3.69. The molecule has 0 aliphatic carbocycles. The number of benzene rings is 2. The second-order valence-electron chi connectivity index (χ2n) is 6.27. The van der Waals surface area contributed by atoms with Crippen molar-refractivity contribution >= 4 is 34.3 Å². The zero-order chi connectivity index (χ0) is 20.6. The van der Waals surface area contributed by atoms with E-state index in [1.807, 2.05) is 19.1 Å². The lowest BCUT2D eigenvalue weighted by molar-refractivity contribution is -0.144. The molecule has 0 bridgehead atoms. The van der Waals surface area contributed by atoms with E-state index in [1.54, 1.807) is 18.2 Å². The van der Waals surface area contributed by atoms with Gasteiger partial charge in [0.25, 0.3) is 0 Å². The van der Waals surface area contributed by atoms with Gasteiger partial charge in [-0.15, -0.1) is 0 Å². The minimum Gasteiger partial charge on any atom is -0.337 e. The number of hydrogen-bond acceptors (Lipinski definition) is 5. The van der Waals surface area contributed by atoms with Crippen molar-refractivity contribution in [2.75, 3.05) is 10.6 Å². The third-order valence-electron chi connectivity index (χ3n) is 4.04. The number of aromatic nitrogens is 4. The fourth-order valence-corrected chi connectivity index (χ4v) is 2.61. The van der Waals surface area contributed by atoms with E-state index in [1.165, 1.54) is 18.2 Å². The molecule has 0 amide bonds.